The van der Waals surface area contributed by atoms with Gasteiger partial charge in [-0.3, -0.25) is 4.74 Å². The van der Waals surface area contributed by atoms with Gasteiger partial charge in [-0.25, -0.2) is 9.50 Å². The molecule has 0 spiro atoms. The van der Waals surface area contributed by atoms with Crippen LogP contribution in [-0.2, 0) is 4.74 Å². The number of hydrogen-bond acceptors (Lipinski definition) is 4. The Morgan fingerprint density at radius 3 is 2.87 bits per heavy atom. The molecule has 1 atom stereocenters. The summed E-state index contributed by atoms with van der Waals surface area (Å²) in [4.78, 5) is 4.68. The Kier molecular flexibility index (Phi) is 6.29. The van der Waals surface area contributed by atoms with E-state index in [1.54, 1.807) is 22.9 Å². The first-order valence-corrected chi connectivity index (χ1v) is 11.7. The second-order valence-electron chi connectivity index (χ2n) is 7.53. The zero-order valence-electron chi connectivity index (χ0n) is 16.7. The van der Waals surface area contributed by atoms with Gasteiger partial charge in [0.1, 0.15) is 5.82 Å². The Morgan fingerprint density at radius 1 is 1.33 bits per heavy atom. The van der Waals surface area contributed by atoms with Crippen molar-refractivity contribution in [3.63, 3.8) is 0 Å². The number of nitrogens with one attached hydrogen (secondary N) is 1. The van der Waals surface area contributed by atoms with Crippen molar-refractivity contribution >= 4 is 32.9 Å². The standard InChI is InChI=1S/C21H25F3N4OS/c1-2-30-10-7-15(8-11-30)13-25-19-6-9-28-20(27-19)18(14-26-28)16-4-3-5-17(12-16)29-21(22,23)24/h2-6,9,14-15,17H,7-8,10-13H2,1H3,(H,25,27). The van der Waals surface area contributed by atoms with E-state index in [0.29, 0.717) is 22.0 Å². The fraction of sp³-hybridized carbons (Fsp3) is 0.476. The first-order chi connectivity index (χ1) is 14.4. The molecule has 162 valence electrons. The Balaban J connectivity index is 1.45. The third kappa shape index (κ3) is 5.13. The van der Waals surface area contributed by atoms with Crippen molar-refractivity contribution in [2.24, 2.45) is 5.92 Å². The van der Waals surface area contributed by atoms with Crippen LogP contribution in [0.25, 0.3) is 11.2 Å². The molecule has 2 aromatic heterocycles. The third-order valence-corrected chi connectivity index (χ3v) is 7.71. The topological polar surface area (TPSA) is 51.5 Å². The van der Waals surface area contributed by atoms with Crippen molar-refractivity contribution in [2.45, 2.75) is 38.7 Å². The van der Waals surface area contributed by atoms with E-state index in [1.807, 2.05) is 12.3 Å². The Morgan fingerprint density at radius 2 is 2.13 bits per heavy atom. The molecular weight excluding hydrogens is 413 g/mol. The second-order valence-corrected chi connectivity index (χ2v) is 9.89. The van der Waals surface area contributed by atoms with E-state index in [2.05, 4.69) is 32.4 Å². The van der Waals surface area contributed by atoms with Crippen molar-refractivity contribution in [2.75, 3.05) is 23.4 Å². The van der Waals surface area contributed by atoms with E-state index in [4.69, 9.17) is 0 Å². The average molecular weight is 439 g/mol. The van der Waals surface area contributed by atoms with E-state index in [-0.39, 0.29) is 6.42 Å². The highest BCUT2D eigenvalue weighted by atomic mass is 32.2. The smallest absolute Gasteiger partial charge is 0.370 e. The number of anilines is 1. The largest absolute Gasteiger partial charge is 0.523 e. The first kappa shape index (κ1) is 21.1. The number of ether oxygens (including phenoxy) is 1. The molecule has 0 aromatic carbocycles. The molecule has 3 heterocycles. The highest BCUT2D eigenvalue weighted by Crippen LogP contribution is 2.31. The fourth-order valence-electron chi connectivity index (χ4n) is 3.87. The van der Waals surface area contributed by atoms with Gasteiger partial charge in [0.15, 0.2) is 5.65 Å². The summed E-state index contributed by atoms with van der Waals surface area (Å²) in [5.41, 5.74) is 2.07. The number of alkyl halides is 3. The number of halogens is 3. The van der Waals surface area contributed by atoms with E-state index < -0.39 is 12.5 Å². The minimum absolute atomic E-state index is 0.120. The average Bonchev–Trinajstić information content (AvgIpc) is 3.15. The zero-order valence-corrected chi connectivity index (χ0v) is 17.5. The van der Waals surface area contributed by atoms with Crippen LogP contribution in [0.5, 0.6) is 0 Å². The number of hydrogen-bond donors (Lipinski definition) is 1. The summed E-state index contributed by atoms with van der Waals surface area (Å²) in [6.45, 7) is 3.03. The molecule has 1 aliphatic carbocycles. The normalized spacial score (nSPS) is 24.7. The van der Waals surface area contributed by atoms with Gasteiger partial charge in [0, 0.05) is 24.7 Å². The highest BCUT2D eigenvalue weighted by Gasteiger charge is 2.33. The van der Waals surface area contributed by atoms with Crippen LogP contribution in [0.3, 0.4) is 0 Å². The molecule has 30 heavy (non-hydrogen) atoms. The van der Waals surface area contributed by atoms with Crippen LogP contribution in [0, 0.1) is 5.92 Å². The zero-order chi connectivity index (χ0) is 21.1. The molecule has 2 aromatic rings. The van der Waals surface area contributed by atoms with Crippen LogP contribution in [0.2, 0.25) is 0 Å². The molecule has 0 radical (unpaired) electrons. The Labute approximate surface area is 175 Å². The molecule has 2 aliphatic rings. The van der Waals surface area contributed by atoms with Gasteiger partial charge in [0.25, 0.3) is 0 Å². The monoisotopic (exact) mass is 438 g/mol. The molecule has 0 bridgehead atoms. The van der Waals surface area contributed by atoms with Crippen molar-refractivity contribution in [1.29, 1.82) is 0 Å². The maximum absolute atomic E-state index is 12.6. The molecule has 1 N–H and O–H groups in total. The lowest BCUT2D eigenvalue weighted by Crippen LogP contribution is -2.23. The molecule has 5 nitrogen and oxygen atoms in total. The first-order valence-electron chi connectivity index (χ1n) is 10.1. The summed E-state index contributed by atoms with van der Waals surface area (Å²) in [5, 5.41) is 10.1. The van der Waals surface area contributed by atoms with Gasteiger partial charge in [-0.1, -0.05) is 23.6 Å². The maximum atomic E-state index is 12.6. The summed E-state index contributed by atoms with van der Waals surface area (Å²) in [6.07, 6.45) is 5.11. The van der Waals surface area contributed by atoms with Gasteiger partial charge in [-0.2, -0.15) is 15.6 Å². The van der Waals surface area contributed by atoms with Crippen LogP contribution in [0.4, 0.5) is 19.0 Å². The number of fused-ring (bicyclic) bond motifs is 1. The highest BCUT2D eigenvalue weighted by molar-refractivity contribution is 8.14. The van der Waals surface area contributed by atoms with Crippen LogP contribution < -0.4 is 5.32 Å². The molecule has 1 aliphatic heterocycles. The number of rotatable bonds is 5. The van der Waals surface area contributed by atoms with E-state index in [0.717, 1.165) is 23.5 Å². The molecule has 1 unspecified atom stereocenters. The predicted molar refractivity (Wildman–Crippen MR) is 116 cm³/mol. The van der Waals surface area contributed by atoms with Crippen molar-refractivity contribution in [1.82, 2.24) is 14.6 Å². The summed E-state index contributed by atoms with van der Waals surface area (Å²) in [7, 11) is 0.478. The lowest BCUT2D eigenvalue weighted by atomic mass is 9.97. The van der Waals surface area contributed by atoms with Crippen molar-refractivity contribution in [3.8, 4) is 0 Å². The predicted octanol–water partition coefficient (Wildman–Crippen LogP) is 4.89. The summed E-state index contributed by atoms with van der Waals surface area (Å²) < 4.78 is 43.6. The van der Waals surface area contributed by atoms with Crippen molar-refractivity contribution < 1.29 is 17.9 Å². The summed E-state index contributed by atoms with van der Waals surface area (Å²) >= 11 is 0. The maximum Gasteiger partial charge on any atom is 0.523 e. The molecule has 4 rings (SSSR count). The Hall–Kier alpha value is -2.13. The van der Waals surface area contributed by atoms with Crippen LogP contribution in [0.15, 0.2) is 36.7 Å². The van der Waals surface area contributed by atoms with E-state index in [9.17, 15) is 13.2 Å². The van der Waals surface area contributed by atoms with Crippen LogP contribution in [0.1, 0.15) is 31.7 Å². The minimum Gasteiger partial charge on any atom is -0.370 e. The SMILES string of the molecule is CC=S1CCC(CNc2ccn3ncc(C4=CC=CC(OC(F)(F)F)C4)c3n2)CC1. The Bertz CT molecular complexity index is 986. The van der Waals surface area contributed by atoms with Crippen LogP contribution >= 0.6 is 10.5 Å². The van der Waals surface area contributed by atoms with Gasteiger partial charge >= 0.3 is 6.36 Å². The van der Waals surface area contributed by atoms with E-state index >= 15 is 0 Å². The lowest BCUT2D eigenvalue weighted by molar-refractivity contribution is -0.335. The number of aromatic nitrogens is 3. The quantitative estimate of drug-likeness (QED) is 0.676. The van der Waals surface area contributed by atoms with Crippen molar-refractivity contribution in [3.05, 3.63) is 42.3 Å². The van der Waals surface area contributed by atoms with Gasteiger partial charge in [0.2, 0.25) is 0 Å². The molecule has 0 saturated carbocycles. The number of allylic oxidation sites excluding steroid dienone is 2. The summed E-state index contributed by atoms with van der Waals surface area (Å²) in [5.74, 6) is 3.93. The van der Waals surface area contributed by atoms with Gasteiger partial charge in [0.05, 0.1) is 12.3 Å². The second kappa shape index (κ2) is 8.93. The summed E-state index contributed by atoms with van der Waals surface area (Å²) in [6, 6.07) is 1.88. The van der Waals surface area contributed by atoms with Gasteiger partial charge in [-0.05, 0) is 48.8 Å². The number of nitrogens with zero attached hydrogens (tertiary/aromatic N) is 3. The third-order valence-electron chi connectivity index (χ3n) is 5.53. The molecular formula is C21H25F3N4OS. The lowest BCUT2D eigenvalue weighted by Gasteiger charge is -2.25. The molecule has 9 heteroatoms. The molecule has 0 amide bonds. The van der Waals surface area contributed by atoms with Gasteiger partial charge < -0.3 is 5.32 Å². The van der Waals surface area contributed by atoms with Gasteiger partial charge in [-0.15, -0.1) is 13.2 Å². The van der Waals surface area contributed by atoms with E-state index in [1.165, 1.54) is 30.4 Å². The molecule has 1 saturated heterocycles. The minimum atomic E-state index is -4.66. The van der Waals surface area contributed by atoms with Crippen LogP contribution in [-0.4, -0.2) is 50.5 Å². The molecule has 1 fully saturated rings. The fourth-order valence-corrected chi connectivity index (χ4v) is 5.81.